The predicted octanol–water partition coefficient (Wildman–Crippen LogP) is 4.84. The van der Waals surface area contributed by atoms with Crippen LogP contribution >= 0.6 is 11.3 Å². The minimum absolute atomic E-state index is 0.177. The van der Waals surface area contributed by atoms with E-state index in [-0.39, 0.29) is 4.88 Å². The van der Waals surface area contributed by atoms with Gasteiger partial charge >= 0.3 is 5.97 Å². The number of carbonyl (C=O) groups is 1. The first-order chi connectivity index (χ1) is 12.6. The van der Waals surface area contributed by atoms with Gasteiger partial charge in [0.05, 0.1) is 17.9 Å². The number of rotatable bonds is 6. The SMILES string of the molecule is CCCOc1ccc(-c2nc(-c3ccccc3)c(C(=O)O)s2)cc1C#N. The molecule has 1 heterocycles. The number of carboxylic acids is 1. The fourth-order valence-corrected chi connectivity index (χ4v) is 3.39. The number of thiazole rings is 1. The molecule has 130 valence electrons. The van der Waals surface area contributed by atoms with Crippen LogP contribution in [0.25, 0.3) is 21.8 Å². The molecule has 0 fully saturated rings. The van der Waals surface area contributed by atoms with Gasteiger partial charge in [0.2, 0.25) is 0 Å². The zero-order chi connectivity index (χ0) is 18.5. The van der Waals surface area contributed by atoms with E-state index < -0.39 is 5.97 Å². The minimum atomic E-state index is -1.02. The van der Waals surface area contributed by atoms with Gasteiger partial charge in [-0.15, -0.1) is 11.3 Å². The molecule has 26 heavy (non-hydrogen) atoms. The van der Waals surface area contributed by atoms with E-state index in [1.165, 1.54) is 0 Å². The number of carboxylic acid groups (broad SMARTS) is 1. The summed E-state index contributed by atoms with van der Waals surface area (Å²) in [5.41, 5.74) is 2.28. The Kier molecular flexibility index (Phi) is 5.30. The van der Waals surface area contributed by atoms with Crippen molar-refractivity contribution < 1.29 is 14.6 Å². The molecule has 0 atom stereocenters. The van der Waals surface area contributed by atoms with Crippen LogP contribution in [-0.2, 0) is 0 Å². The van der Waals surface area contributed by atoms with Crippen LogP contribution in [0.5, 0.6) is 5.75 Å². The van der Waals surface area contributed by atoms with E-state index >= 15 is 0 Å². The maximum absolute atomic E-state index is 11.6. The molecular formula is C20H16N2O3S. The monoisotopic (exact) mass is 364 g/mol. The average molecular weight is 364 g/mol. The highest BCUT2D eigenvalue weighted by atomic mass is 32.1. The summed E-state index contributed by atoms with van der Waals surface area (Å²) < 4.78 is 5.57. The Labute approximate surface area is 155 Å². The molecule has 0 amide bonds. The lowest BCUT2D eigenvalue weighted by molar-refractivity contribution is 0.0702. The van der Waals surface area contributed by atoms with Crippen molar-refractivity contribution in [2.45, 2.75) is 13.3 Å². The van der Waals surface area contributed by atoms with E-state index in [4.69, 9.17) is 4.74 Å². The summed E-state index contributed by atoms with van der Waals surface area (Å²) in [6.45, 7) is 2.53. The van der Waals surface area contributed by atoms with E-state index in [1.54, 1.807) is 18.2 Å². The smallest absolute Gasteiger partial charge is 0.348 e. The molecule has 0 unspecified atom stereocenters. The third kappa shape index (κ3) is 3.58. The molecule has 5 nitrogen and oxygen atoms in total. The zero-order valence-corrected chi connectivity index (χ0v) is 14.9. The Morgan fingerprint density at radius 3 is 2.65 bits per heavy atom. The van der Waals surface area contributed by atoms with Gasteiger partial charge in [-0.3, -0.25) is 0 Å². The van der Waals surface area contributed by atoms with Crippen molar-refractivity contribution in [2.24, 2.45) is 0 Å². The zero-order valence-electron chi connectivity index (χ0n) is 14.1. The van der Waals surface area contributed by atoms with Gasteiger partial charge in [-0.25, -0.2) is 9.78 Å². The molecule has 6 heteroatoms. The second-order valence-electron chi connectivity index (χ2n) is 5.54. The molecule has 0 aliphatic heterocycles. The number of aromatic carboxylic acids is 1. The first kappa shape index (κ1) is 17.6. The topological polar surface area (TPSA) is 83.2 Å². The fraction of sp³-hybridized carbons (Fsp3) is 0.150. The lowest BCUT2D eigenvalue weighted by atomic mass is 10.1. The highest BCUT2D eigenvalue weighted by Crippen LogP contribution is 2.35. The summed E-state index contributed by atoms with van der Waals surface area (Å²) >= 11 is 1.10. The summed E-state index contributed by atoms with van der Waals surface area (Å²) in [6.07, 6.45) is 0.849. The molecule has 0 spiro atoms. The summed E-state index contributed by atoms with van der Waals surface area (Å²) in [5.74, 6) is -0.493. The largest absolute Gasteiger partial charge is 0.492 e. The maximum atomic E-state index is 11.6. The lowest BCUT2D eigenvalue weighted by Crippen LogP contribution is -1.97. The van der Waals surface area contributed by atoms with E-state index in [9.17, 15) is 15.2 Å². The number of ether oxygens (including phenoxy) is 1. The van der Waals surface area contributed by atoms with Crippen molar-refractivity contribution in [3.63, 3.8) is 0 Å². The van der Waals surface area contributed by atoms with Crippen molar-refractivity contribution in [3.05, 3.63) is 59.0 Å². The molecule has 0 aliphatic rings. The summed E-state index contributed by atoms with van der Waals surface area (Å²) in [6, 6.07) is 16.5. The maximum Gasteiger partial charge on any atom is 0.348 e. The van der Waals surface area contributed by atoms with Gasteiger partial charge < -0.3 is 9.84 Å². The van der Waals surface area contributed by atoms with Crippen LogP contribution < -0.4 is 4.74 Å². The Morgan fingerprint density at radius 2 is 2.00 bits per heavy atom. The number of hydrogen-bond donors (Lipinski definition) is 1. The highest BCUT2D eigenvalue weighted by molar-refractivity contribution is 7.17. The van der Waals surface area contributed by atoms with Gasteiger partial charge in [0.25, 0.3) is 0 Å². The van der Waals surface area contributed by atoms with Crippen LogP contribution in [0.2, 0.25) is 0 Å². The van der Waals surface area contributed by atoms with Crippen molar-refractivity contribution in [1.29, 1.82) is 5.26 Å². The van der Waals surface area contributed by atoms with Crippen LogP contribution in [-0.4, -0.2) is 22.7 Å². The molecule has 1 N–H and O–H groups in total. The van der Waals surface area contributed by atoms with Crippen molar-refractivity contribution in [3.8, 4) is 33.6 Å². The van der Waals surface area contributed by atoms with Gasteiger partial charge in [-0.1, -0.05) is 37.3 Å². The second kappa shape index (κ2) is 7.81. The van der Waals surface area contributed by atoms with Gasteiger partial charge in [0, 0.05) is 11.1 Å². The highest BCUT2D eigenvalue weighted by Gasteiger charge is 2.20. The molecule has 3 aromatic rings. The summed E-state index contributed by atoms with van der Waals surface area (Å²) in [5, 5.41) is 19.5. The molecule has 3 rings (SSSR count). The van der Waals surface area contributed by atoms with Crippen LogP contribution in [0, 0.1) is 11.3 Å². The number of hydrogen-bond acceptors (Lipinski definition) is 5. The van der Waals surface area contributed by atoms with E-state index in [2.05, 4.69) is 11.1 Å². The number of benzene rings is 2. The van der Waals surface area contributed by atoms with Crippen LogP contribution in [0.4, 0.5) is 0 Å². The third-order valence-electron chi connectivity index (χ3n) is 3.68. The number of nitrogens with zero attached hydrogens (tertiary/aromatic N) is 2. The first-order valence-corrected chi connectivity index (χ1v) is 8.92. The van der Waals surface area contributed by atoms with Crippen molar-refractivity contribution in [2.75, 3.05) is 6.61 Å². The molecular weight excluding hydrogens is 348 g/mol. The lowest BCUT2D eigenvalue weighted by Gasteiger charge is -2.07. The van der Waals surface area contributed by atoms with E-state index in [1.807, 2.05) is 37.3 Å². The molecule has 0 radical (unpaired) electrons. The van der Waals surface area contributed by atoms with Crippen LogP contribution in [0.3, 0.4) is 0 Å². The quantitative estimate of drug-likeness (QED) is 0.677. The van der Waals surface area contributed by atoms with Crippen LogP contribution in [0.15, 0.2) is 48.5 Å². The Morgan fingerprint density at radius 1 is 1.23 bits per heavy atom. The fourth-order valence-electron chi connectivity index (χ4n) is 2.47. The van der Waals surface area contributed by atoms with Gasteiger partial charge in [-0.05, 0) is 24.6 Å². The van der Waals surface area contributed by atoms with E-state index in [0.29, 0.717) is 34.2 Å². The van der Waals surface area contributed by atoms with E-state index in [0.717, 1.165) is 23.3 Å². The molecule has 0 aliphatic carbocycles. The first-order valence-electron chi connectivity index (χ1n) is 8.11. The molecule has 2 aromatic carbocycles. The molecule has 1 aromatic heterocycles. The number of aromatic nitrogens is 1. The Balaban J connectivity index is 2.05. The summed E-state index contributed by atoms with van der Waals surface area (Å²) in [4.78, 5) is 16.3. The third-order valence-corrected chi connectivity index (χ3v) is 4.77. The van der Waals surface area contributed by atoms with Crippen molar-refractivity contribution in [1.82, 2.24) is 4.98 Å². The standard InChI is InChI=1S/C20H16N2O3S/c1-2-10-25-16-9-8-14(11-15(16)12-21)19-22-17(18(26-19)20(23)24)13-6-4-3-5-7-13/h3-9,11H,2,10H2,1H3,(H,23,24). The van der Waals surface area contributed by atoms with Crippen LogP contribution in [0.1, 0.15) is 28.6 Å². The average Bonchev–Trinajstić information content (AvgIpc) is 3.12. The van der Waals surface area contributed by atoms with Gasteiger partial charge in [0.15, 0.2) is 0 Å². The minimum Gasteiger partial charge on any atom is -0.492 e. The normalized spacial score (nSPS) is 10.3. The Hall–Kier alpha value is -3.17. The van der Waals surface area contributed by atoms with Gasteiger partial charge in [-0.2, -0.15) is 5.26 Å². The molecule has 0 saturated carbocycles. The summed E-state index contributed by atoms with van der Waals surface area (Å²) in [7, 11) is 0. The number of nitriles is 1. The van der Waals surface area contributed by atoms with Gasteiger partial charge in [0.1, 0.15) is 21.7 Å². The molecule has 0 saturated heterocycles. The molecule has 0 bridgehead atoms. The predicted molar refractivity (Wildman–Crippen MR) is 100 cm³/mol. The second-order valence-corrected chi connectivity index (χ2v) is 6.54. The van der Waals surface area contributed by atoms with Crippen molar-refractivity contribution >= 4 is 17.3 Å². The Bertz CT molecular complexity index is 974.